The smallest absolute Gasteiger partial charge is 0.226 e. The Bertz CT molecular complexity index is 51.5. The average Bonchev–Trinajstić information content (AvgIpc) is 1.65. The Balaban J connectivity index is 2.99. The summed E-state index contributed by atoms with van der Waals surface area (Å²) in [5.74, 6) is -0.116. The van der Waals surface area contributed by atoms with Crippen LogP contribution in [0.5, 0.6) is 0 Å². The maximum absolute atomic E-state index is 9.87. The molecule has 0 unspecified atom stereocenters. The van der Waals surface area contributed by atoms with Gasteiger partial charge in [0.15, 0.2) is 0 Å². The van der Waals surface area contributed by atoms with E-state index in [9.17, 15) is 4.79 Å². The number of nitrogens with one attached hydrogen (secondary N) is 1. The van der Waals surface area contributed by atoms with E-state index in [0.717, 1.165) is 0 Å². The van der Waals surface area contributed by atoms with E-state index >= 15 is 0 Å². The topological polar surface area (TPSA) is 29.1 Å². The van der Waals surface area contributed by atoms with E-state index in [1.165, 1.54) is 0 Å². The zero-order valence-corrected chi connectivity index (χ0v) is 4.03. The zero-order valence-electron chi connectivity index (χ0n) is 3.14. The van der Waals surface area contributed by atoms with Gasteiger partial charge in [0, 0.05) is 0 Å². The lowest BCUT2D eigenvalue weighted by atomic mass is 10.4. The molecule has 0 aliphatic carbocycles. The third-order valence-corrected chi connectivity index (χ3v) is 0.592. The summed E-state index contributed by atoms with van der Waals surface area (Å²) in [4.78, 5) is 9.87. The van der Waals surface area contributed by atoms with Crippen LogP contribution in [0.4, 0.5) is 0 Å². The number of carbonyl (C=O) groups excluding carboxylic acids is 1. The van der Waals surface area contributed by atoms with Gasteiger partial charge in [-0.05, 0) is 0 Å². The van der Waals surface area contributed by atoms with Gasteiger partial charge >= 0.3 is 0 Å². The molecule has 0 aliphatic rings. The van der Waals surface area contributed by atoms with Crippen molar-refractivity contribution >= 4 is 26.5 Å². The summed E-state index contributed by atoms with van der Waals surface area (Å²) >= 11 is 3.60. The number of hydrogen-bond donors (Lipinski definition) is 2. The molecule has 32 valence electrons. The summed E-state index contributed by atoms with van der Waals surface area (Å²) in [5, 5.41) is 1.90. The fourth-order valence-corrected chi connectivity index (χ4v) is 0.137. The van der Waals surface area contributed by atoms with Crippen molar-refractivity contribution in [3.63, 3.8) is 0 Å². The van der Waals surface area contributed by atoms with Crippen molar-refractivity contribution in [3.8, 4) is 0 Å². The van der Waals surface area contributed by atoms with E-state index in [-0.39, 0.29) is 11.7 Å². The van der Waals surface area contributed by atoms with Gasteiger partial charge in [-0.15, -0.1) is 0 Å². The number of thiol groups is 1. The Kier molecular flexibility index (Phi) is 3.03. The monoisotopic (exact) mass is 101 g/mol. The standard InChI is InChI=1S/C2H4BNOS/c3-4-2(5)1-6/h6H,1H2,(H,4,5). The average molecular weight is 101 g/mol. The van der Waals surface area contributed by atoms with Gasteiger partial charge in [-0.1, -0.05) is 0 Å². The summed E-state index contributed by atoms with van der Waals surface area (Å²) < 4.78 is 0. The van der Waals surface area contributed by atoms with Crippen molar-refractivity contribution in [1.29, 1.82) is 0 Å². The highest BCUT2D eigenvalue weighted by Crippen LogP contribution is 1.67. The first-order chi connectivity index (χ1) is 2.81. The maximum Gasteiger partial charge on any atom is 0.226 e. The summed E-state index contributed by atoms with van der Waals surface area (Å²) in [6, 6.07) is 0. The molecule has 0 fully saturated rings. The van der Waals surface area contributed by atoms with Gasteiger partial charge in [-0.25, -0.2) is 0 Å². The molecule has 0 heterocycles. The van der Waals surface area contributed by atoms with Gasteiger partial charge in [-0.2, -0.15) is 12.6 Å². The summed E-state index contributed by atoms with van der Waals surface area (Å²) in [5.41, 5.74) is 0. The molecule has 0 atom stereocenters. The van der Waals surface area contributed by atoms with E-state index in [4.69, 9.17) is 0 Å². The van der Waals surface area contributed by atoms with E-state index in [2.05, 4.69) is 20.6 Å². The third-order valence-electron chi connectivity index (χ3n) is 0.305. The molecule has 0 saturated heterocycles. The Morgan fingerprint density at radius 3 is 2.50 bits per heavy atom. The molecule has 0 bridgehead atoms. The molecule has 4 heteroatoms. The number of amides is 1. The molecule has 0 rings (SSSR count). The summed E-state index contributed by atoms with van der Waals surface area (Å²) in [7, 11) is 4.63. The van der Waals surface area contributed by atoms with Gasteiger partial charge in [0.25, 0.3) is 0 Å². The largest absolute Gasteiger partial charge is 0.408 e. The van der Waals surface area contributed by atoms with Gasteiger partial charge < -0.3 is 5.23 Å². The molecule has 1 amide bonds. The minimum Gasteiger partial charge on any atom is -0.408 e. The summed E-state index contributed by atoms with van der Waals surface area (Å²) in [6.07, 6.45) is 0. The van der Waals surface area contributed by atoms with Crippen LogP contribution in [0.1, 0.15) is 0 Å². The van der Waals surface area contributed by atoms with Crippen molar-refractivity contribution < 1.29 is 4.79 Å². The number of rotatable bonds is 1. The highest BCUT2D eigenvalue weighted by atomic mass is 32.1. The first-order valence-electron chi connectivity index (χ1n) is 1.41. The van der Waals surface area contributed by atoms with E-state index in [1.54, 1.807) is 0 Å². The van der Waals surface area contributed by atoms with Crippen LogP contribution < -0.4 is 5.23 Å². The lowest BCUT2D eigenvalue weighted by Gasteiger charge is -1.86. The van der Waals surface area contributed by atoms with Gasteiger partial charge in [0.1, 0.15) is 0 Å². The molecule has 1 N–H and O–H groups in total. The van der Waals surface area contributed by atoms with Crippen LogP contribution in [0.2, 0.25) is 0 Å². The van der Waals surface area contributed by atoms with Crippen molar-refractivity contribution in [2.24, 2.45) is 0 Å². The van der Waals surface area contributed by atoms with Crippen LogP contribution in [0.3, 0.4) is 0 Å². The van der Waals surface area contributed by atoms with Crippen LogP contribution >= 0.6 is 12.6 Å². The van der Waals surface area contributed by atoms with E-state index in [1.807, 2.05) is 5.23 Å². The zero-order chi connectivity index (χ0) is 4.99. The molecule has 2 nitrogen and oxygen atoms in total. The predicted molar refractivity (Wildman–Crippen MR) is 27.7 cm³/mol. The van der Waals surface area contributed by atoms with Crippen molar-refractivity contribution in [3.05, 3.63) is 0 Å². The van der Waals surface area contributed by atoms with Gasteiger partial charge in [0.05, 0.1) is 5.75 Å². The highest BCUT2D eigenvalue weighted by molar-refractivity contribution is 7.81. The summed E-state index contributed by atoms with van der Waals surface area (Å²) in [6.45, 7) is 0. The minimum atomic E-state index is -0.265. The first kappa shape index (κ1) is 5.88. The predicted octanol–water partition coefficient (Wildman–Crippen LogP) is -0.884. The molecule has 0 aromatic rings. The van der Waals surface area contributed by atoms with Crippen molar-refractivity contribution in [2.45, 2.75) is 0 Å². The Hall–Kier alpha value is -0.115. The SMILES string of the molecule is [B]NC(=O)CS. The molecule has 6 heavy (non-hydrogen) atoms. The molecular weight excluding hydrogens is 96.9 g/mol. The molecule has 0 spiro atoms. The lowest BCUT2D eigenvalue weighted by molar-refractivity contribution is -0.116. The van der Waals surface area contributed by atoms with Crippen molar-refractivity contribution in [2.75, 3.05) is 5.75 Å². The van der Waals surface area contributed by atoms with E-state index in [0.29, 0.717) is 0 Å². The molecular formula is C2H4BNOS. The number of carbonyl (C=O) groups is 1. The quantitative estimate of drug-likeness (QED) is 0.325. The fourth-order valence-electron chi connectivity index (χ4n) is 0.0456. The third kappa shape index (κ3) is 2.14. The van der Waals surface area contributed by atoms with Crippen LogP contribution in [0.25, 0.3) is 0 Å². The Labute approximate surface area is 43.1 Å². The minimum absolute atomic E-state index is 0.149. The number of hydrogen-bond acceptors (Lipinski definition) is 2. The lowest BCUT2D eigenvalue weighted by Crippen LogP contribution is -2.20. The van der Waals surface area contributed by atoms with Crippen LogP contribution in [0, 0.1) is 0 Å². The molecule has 0 aliphatic heterocycles. The second-order valence-electron chi connectivity index (χ2n) is 0.726. The van der Waals surface area contributed by atoms with Gasteiger partial charge in [0.2, 0.25) is 13.9 Å². The van der Waals surface area contributed by atoms with E-state index < -0.39 is 0 Å². The highest BCUT2D eigenvalue weighted by Gasteiger charge is 1.85. The van der Waals surface area contributed by atoms with Crippen LogP contribution in [-0.4, -0.2) is 19.6 Å². The van der Waals surface area contributed by atoms with Crippen LogP contribution in [0.15, 0.2) is 0 Å². The first-order valence-corrected chi connectivity index (χ1v) is 2.05. The molecule has 0 saturated carbocycles. The molecule has 2 radical (unpaired) electrons. The van der Waals surface area contributed by atoms with Gasteiger partial charge in [-0.3, -0.25) is 4.79 Å². The van der Waals surface area contributed by atoms with Crippen LogP contribution in [-0.2, 0) is 4.79 Å². The molecule has 0 aromatic carbocycles. The van der Waals surface area contributed by atoms with Crippen molar-refractivity contribution in [1.82, 2.24) is 5.23 Å². The second-order valence-corrected chi connectivity index (χ2v) is 1.04. The Morgan fingerprint density at radius 1 is 2.00 bits per heavy atom. The normalized spacial score (nSPS) is 7.50. The fraction of sp³-hybridized carbons (Fsp3) is 0.500. The maximum atomic E-state index is 9.87. The molecule has 0 aromatic heterocycles. The Morgan fingerprint density at radius 2 is 2.50 bits per heavy atom. The second kappa shape index (κ2) is 3.09.